The van der Waals surface area contributed by atoms with Crippen molar-refractivity contribution in [2.45, 2.75) is 0 Å². The third-order valence-corrected chi connectivity index (χ3v) is 1.69. The summed E-state index contributed by atoms with van der Waals surface area (Å²) in [6, 6.07) is 10.2. The molecule has 1 aliphatic heterocycles. The predicted octanol–water partition coefficient (Wildman–Crippen LogP) is 2.67. The first-order valence-corrected chi connectivity index (χ1v) is 3.93. The van der Waals surface area contributed by atoms with Gasteiger partial charge >= 0.3 is 0 Å². The van der Waals surface area contributed by atoms with Crippen LogP contribution < -0.4 is 0 Å². The molecule has 58 valence electrons. The van der Waals surface area contributed by atoms with Crippen molar-refractivity contribution in [2.24, 2.45) is 4.99 Å². The van der Waals surface area contributed by atoms with Gasteiger partial charge in [0, 0.05) is 6.21 Å². The van der Waals surface area contributed by atoms with E-state index in [2.05, 4.69) is 23.2 Å². The van der Waals surface area contributed by atoms with Crippen LogP contribution >= 0.6 is 0 Å². The molecule has 1 nitrogen and oxygen atoms in total. The van der Waals surface area contributed by atoms with Gasteiger partial charge in [0.2, 0.25) is 0 Å². The highest BCUT2D eigenvalue weighted by atomic mass is 14.7. The van der Waals surface area contributed by atoms with Gasteiger partial charge in [-0.2, -0.15) is 0 Å². The summed E-state index contributed by atoms with van der Waals surface area (Å²) in [7, 11) is 0. The SMILES string of the molecule is C1=CC(=Cc2ccccc2)N=C1. The van der Waals surface area contributed by atoms with Gasteiger partial charge in [-0.05, 0) is 23.8 Å². The van der Waals surface area contributed by atoms with E-state index in [0.29, 0.717) is 0 Å². The normalized spacial score (nSPS) is 17.5. The van der Waals surface area contributed by atoms with Crippen molar-refractivity contribution < 1.29 is 0 Å². The molecule has 12 heavy (non-hydrogen) atoms. The van der Waals surface area contributed by atoms with Crippen LogP contribution in [0.25, 0.3) is 6.08 Å². The first-order chi connectivity index (χ1) is 5.95. The summed E-state index contributed by atoms with van der Waals surface area (Å²) in [5.41, 5.74) is 2.21. The molecule has 0 saturated carbocycles. The summed E-state index contributed by atoms with van der Waals surface area (Å²) in [4.78, 5) is 4.16. The highest BCUT2D eigenvalue weighted by Gasteiger charge is 1.92. The third kappa shape index (κ3) is 1.51. The molecular formula is C11H9N. The highest BCUT2D eigenvalue weighted by Crippen LogP contribution is 2.10. The molecule has 1 aliphatic rings. The van der Waals surface area contributed by atoms with Crippen LogP contribution in [0.5, 0.6) is 0 Å². The quantitative estimate of drug-likeness (QED) is 0.591. The largest absolute Gasteiger partial charge is 0.257 e. The minimum absolute atomic E-state index is 1.02. The zero-order chi connectivity index (χ0) is 8.23. The van der Waals surface area contributed by atoms with Gasteiger partial charge in [0.05, 0.1) is 5.70 Å². The number of aliphatic imine (C=N–C) groups is 1. The van der Waals surface area contributed by atoms with Crippen molar-refractivity contribution in [1.29, 1.82) is 0 Å². The average molecular weight is 155 g/mol. The van der Waals surface area contributed by atoms with Gasteiger partial charge in [-0.3, -0.25) is 4.99 Å². The van der Waals surface area contributed by atoms with Crippen LogP contribution in [0.4, 0.5) is 0 Å². The van der Waals surface area contributed by atoms with E-state index in [0.717, 1.165) is 5.70 Å². The van der Waals surface area contributed by atoms with Gasteiger partial charge in [0.15, 0.2) is 0 Å². The van der Waals surface area contributed by atoms with Gasteiger partial charge in [0.25, 0.3) is 0 Å². The summed E-state index contributed by atoms with van der Waals surface area (Å²) < 4.78 is 0. The summed E-state index contributed by atoms with van der Waals surface area (Å²) in [5, 5.41) is 0. The van der Waals surface area contributed by atoms with Crippen molar-refractivity contribution in [3.8, 4) is 0 Å². The van der Waals surface area contributed by atoms with Crippen molar-refractivity contribution >= 4 is 12.3 Å². The van der Waals surface area contributed by atoms with E-state index >= 15 is 0 Å². The van der Waals surface area contributed by atoms with Crippen LogP contribution in [-0.4, -0.2) is 6.21 Å². The Bertz CT molecular complexity index is 331. The molecule has 0 aliphatic carbocycles. The summed E-state index contributed by atoms with van der Waals surface area (Å²) in [6.45, 7) is 0. The summed E-state index contributed by atoms with van der Waals surface area (Å²) >= 11 is 0. The molecule has 0 unspecified atom stereocenters. The average Bonchev–Trinajstić information content (AvgIpc) is 2.59. The molecule has 2 rings (SSSR count). The van der Waals surface area contributed by atoms with E-state index in [-0.39, 0.29) is 0 Å². The van der Waals surface area contributed by atoms with Crippen molar-refractivity contribution in [1.82, 2.24) is 0 Å². The molecule has 0 N–H and O–H groups in total. The maximum Gasteiger partial charge on any atom is 0.0636 e. The third-order valence-electron chi connectivity index (χ3n) is 1.69. The molecule has 0 atom stereocenters. The molecule has 1 heteroatoms. The van der Waals surface area contributed by atoms with Crippen LogP contribution in [0.15, 0.2) is 53.2 Å². The van der Waals surface area contributed by atoms with E-state index in [1.165, 1.54) is 5.56 Å². The lowest BCUT2D eigenvalue weighted by atomic mass is 10.2. The highest BCUT2D eigenvalue weighted by molar-refractivity contribution is 5.79. The van der Waals surface area contributed by atoms with E-state index in [1.807, 2.05) is 30.4 Å². The Morgan fingerprint density at radius 1 is 1.08 bits per heavy atom. The molecule has 0 saturated heterocycles. The zero-order valence-electron chi connectivity index (χ0n) is 6.64. The van der Waals surface area contributed by atoms with Gasteiger partial charge in [-0.15, -0.1) is 0 Å². The Balaban J connectivity index is 2.29. The Labute approximate surface area is 71.8 Å². The molecule has 0 radical (unpaired) electrons. The second-order valence-electron chi connectivity index (χ2n) is 2.62. The first-order valence-electron chi connectivity index (χ1n) is 3.93. The smallest absolute Gasteiger partial charge is 0.0636 e. The Kier molecular flexibility index (Phi) is 1.87. The zero-order valence-corrected chi connectivity index (χ0v) is 6.64. The number of rotatable bonds is 1. The van der Waals surface area contributed by atoms with Crippen molar-refractivity contribution in [3.05, 3.63) is 53.7 Å². The Morgan fingerprint density at radius 3 is 2.58 bits per heavy atom. The maximum atomic E-state index is 4.16. The first kappa shape index (κ1) is 7.04. The fraction of sp³-hybridized carbons (Fsp3) is 0. The standard InChI is InChI=1S/C11H9N/c1-2-5-10(6-3-1)9-11-7-4-8-12-11/h1-9H. The van der Waals surface area contributed by atoms with Crippen LogP contribution in [-0.2, 0) is 0 Å². The van der Waals surface area contributed by atoms with Crippen LogP contribution in [0.1, 0.15) is 5.56 Å². The van der Waals surface area contributed by atoms with Crippen molar-refractivity contribution in [2.75, 3.05) is 0 Å². The number of nitrogens with zero attached hydrogens (tertiary/aromatic N) is 1. The van der Waals surface area contributed by atoms with E-state index in [9.17, 15) is 0 Å². The van der Waals surface area contributed by atoms with Gasteiger partial charge in [0.1, 0.15) is 0 Å². The summed E-state index contributed by atoms with van der Waals surface area (Å²) in [6.07, 6.45) is 7.79. The number of hydrogen-bond acceptors (Lipinski definition) is 1. The van der Waals surface area contributed by atoms with Gasteiger partial charge in [-0.1, -0.05) is 30.3 Å². The lowest BCUT2D eigenvalue weighted by molar-refractivity contribution is 1.49. The topological polar surface area (TPSA) is 12.4 Å². The van der Waals surface area contributed by atoms with Gasteiger partial charge in [-0.25, -0.2) is 0 Å². The number of allylic oxidation sites excluding steroid dienone is 2. The monoisotopic (exact) mass is 155 g/mol. The van der Waals surface area contributed by atoms with Crippen molar-refractivity contribution in [3.63, 3.8) is 0 Å². The van der Waals surface area contributed by atoms with Gasteiger partial charge < -0.3 is 0 Å². The fourth-order valence-corrected chi connectivity index (χ4v) is 1.12. The molecule has 0 aromatic heterocycles. The second-order valence-corrected chi connectivity index (χ2v) is 2.62. The predicted molar refractivity (Wildman–Crippen MR) is 52.1 cm³/mol. The Morgan fingerprint density at radius 2 is 1.92 bits per heavy atom. The fourth-order valence-electron chi connectivity index (χ4n) is 1.12. The van der Waals surface area contributed by atoms with E-state index < -0.39 is 0 Å². The molecule has 1 heterocycles. The number of benzene rings is 1. The minimum Gasteiger partial charge on any atom is -0.257 e. The van der Waals surface area contributed by atoms with E-state index in [4.69, 9.17) is 0 Å². The van der Waals surface area contributed by atoms with Crippen LogP contribution in [0.3, 0.4) is 0 Å². The molecule has 0 amide bonds. The molecule has 1 aromatic carbocycles. The Hall–Kier alpha value is -1.63. The molecule has 0 spiro atoms. The molecule has 0 fully saturated rings. The summed E-state index contributed by atoms with van der Waals surface area (Å²) in [5.74, 6) is 0. The lowest BCUT2D eigenvalue weighted by Gasteiger charge is -1.91. The number of hydrogen-bond donors (Lipinski definition) is 0. The molecule has 0 bridgehead atoms. The maximum absolute atomic E-state index is 4.16. The minimum atomic E-state index is 1.02. The second kappa shape index (κ2) is 3.18. The van der Waals surface area contributed by atoms with E-state index in [1.54, 1.807) is 6.21 Å². The van der Waals surface area contributed by atoms with Crippen LogP contribution in [0.2, 0.25) is 0 Å². The van der Waals surface area contributed by atoms with Crippen LogP contribution in [0, 0.1) is 0 Å². The molecular weight excluding hydrogens is 146 g/mol. The lowest BCUT2D eigenvalue weighted by Crippen LogP contribution is -1.71. The molecule has 1 aromatic rings.